The molecule has 1 heterocycles. The minimum absolute atomic E-state index is 0.00256. The number of aliphatic hydroxyl groups is 1. The first-order valence-electron chi connectivity index (χ1n) is 6.75. The minimum Gasteiger partial charge on any atom is -0.478 e. The lowest BCUT2D eigenvalue weighted by atomic mass is 9.94. The van der Waals surface area contributed by atoms with E-state index in [1.54, 1.807) is 6.07 Å². The lowest BCUT2D eigenvalue weighted by Gasteiger charge is -2.20. The molecule has 0 aromatic carbocycles. The monoisotopic (exact) mass is 264 g/mol. The summed E-state index contributed by atoms with van der Waals surface area (Å²) < 4.78 is 0. The summed E-state index contributed by atoms with van der Waals surface area (Å²) in [5, 5.41) is 21.3. The predicted molar refractivity (Wildman–Crippen MR) is 72.6 cm³/mol. The van der Waals surface area contributed by atoms with Crippen LogP contribution >= 0.6 is 0 Å². The van der Waals surface area contributed by atoms with Crippen LogP contribution in [0.2, 0.25) is 0 Å². The molecule has 0 aliphatic heterocycles. The molecule has 0 fully saturated rings. The summed E-state index contributed by atoms with van der Waals surface area (Å²) in [6.45, 7) is 1.98. The number of nitrogens with zero attached hydrogens (tertiary/aromatic N) is 1. The van der Waals surface area contributed by atoms with Gasteiger partial charge in [-0.25, -0.2) is 9.78 Å². The van der Waals surface area contributed by atoms with Crippen LogP contribution in [0.15, 0.2) is 6.07 Å². The number of aryl methyl sites for hydroxylation is 2. The van der Waals surface area contributed by atoms with E-state index in [-0.39, 0.29) is 18.2 Å². The Labute approximate surface area is 112 Å². The number of hydrogen-bond acceptors (Lipinski definition) is 4. The van der Waals surface area contributed by atoms with Gasteiger partial charge in [-0.15, -0.1) is 0 Å². The Morgan fingerprint density at radius 1 is 1.47 bits per heavy atom. The molecule has 1 aliphatic rings. The van der Waals surface area contributed by atoms with Gasteiger partial charge >= 0.3 is 5.97 Å². The van der Waals surface area contributed by atoms with E-state index in [1.165, 1.54) is 0 Å². The van der Waals surface area contributed by atoms with Crippen LogP contribution in [0.4, 0.5) is 5.82 Å². The molecule has 0 saturated heterocycles. The van der Waals surface area contributed by atoms with Crippen LogP contribution < -0.4 is 5.32 Å². The number of rotatable bonds is 5. The van der Waals surface area contributed by atoms with Gasteiger partial charge in [-0.05, 0) is 50.7 Å². The quantitative estimate of drug-likeness (QED) is 0.756. The van der Waals surface area contributed by atoms with Crippen molar-refractivity contribution < 1.29 is 15.0 Å². The average molecular weight is 264 g/mol. The third-order valence-electron chi connectivity index (χ3n) is 3.48. The van der Waals surface area contributed by atoms with Gasteiger partial charge in [0, 0.05) is 18.3 Å². The number of carboxylic acids is 1. The van der Waals surface area contributed by atoms with Crippen molar-refractivity contribution in [1.29, 1.82) is 0 Å². The number of aromatic nitrogens is 1. The molecule has 0 spiro atoms. The average Bonchev–Trinajstić information content (AvgIpc) is 2.38. The van der Waals surface area contributed by atoms with Gasteiger partial charge < -0.3 is 15.5 Å². The van der Waals surface area contributed by atoms with E-state index >= 15 is 0 Å². The number of carboxylic acid groups (broad SMARTS) is 1. The summed E-state index contributed by atoms with van der Waals surface area (Å²) in [5.74, 6) is -0.534. The largest absolute Gasteiger partial charge is 0.478 e. The number of carbonyl (C=O) groups is 1. The van der Waals surface area contributed by atoms with Gasteiger partial charge in [-0.2, -0.15) is 0 Å². The van der Waals surface area contributed by atoms with Crippen LogP contribution in [0, 0.1) is 0 Å². The van der Waals surface area contributed by atoms with Crippen molar-refractivity contribution in [3.05, 3.63) is 22.9 Å². The second-order valence-corrected chi connectivity index (χ2v) is 5.06. The van der Waals surface area contributed by atoms with E-state index in [0.29, 0.717) is 12.2 Å². The van der Waals surface area contributed by atoms with Crippen molar-refractivity contribution in [3.63, 3.8) is 0 Å². The second kappa shape index (κ2) is 6.02. The molecular weight excluding hydrogens is 244 g/mol. The third kappa shape index (κ3) is 3.23. The summed E-state index contributed by atoms with van der Waals surface area (Å²) in [4.78, 5) is 15.8. The van der Waals surface area contributed by atoms with E-state index < -0.39 is 5.97 Å². The topological polar surface area (TPSA) is 82.5 Å². The Hall–Kier alpha value is -1.62. The summed E-state index contributed by atoms with van der Waals surface area (Å²) in [6, 6.07) is 1.75. The summed E-state index contributed by atoms with van der Waals surface area (Å²) in [5.41, 5.74) is 2.30. The molecule has 19 heavy (non-hydrogen) atoms. The molecule has 5 heteroatoms. The van der Waals surface area contributed by atoms with Crippen molar-refractivity contribution in [2.24, 2.45) is 0 Å². The summed E-state index contributed by atoms with van der Waals surface area (Å²) in [7, 11) is 0. The molecule has 1 atom stereocenters. The highest BCUT2D eigenvalue weighted by Crippen LogP contribution is 2.25. The highest BCUT2D eigenvalue weighted by molar-refractivity contribution is 5.93. The van der Waals surface area contributed by atoms with Crippen LogP contribution in [-0.4, -0.2) is 33.8 Å². The number of pyridine rings is 1. The van der Waals surface area contributed by atoms with E-state index in [1.807, 2.05) is 6.92 Å². The fraction of sp³-hybridized carbons (Fsp3) is 0.571. The maximum absolute atomic E-state index is 11.3. The second-order valence-electron chi connectivity index (χ2n) is 5.06. The van der Waals surface area contributed by atoms with Gasteiger partial charge in [0.2, 0.25) is 0 Å². The third-order valence-corrected chi connectivity index (χ3v) is 3.48. The smallest absolute Gasteiger partial charge is 0.339 e. The zero-order valence-electron chi connectivity index (χ0n) is 11.1. The zero-order chi connectivity index (χ0) is 13.8. The predicted octanol–water partition coefficient (Wildman–Crippen LogP) is 1.84. The molecule has 104 valence electrons. The van der Waals surface area contributed by atoms with E-state index in [9.17, 15) is 9.90 Å². The Morgan fingerprint density at radius 2 is 2.21 bits per heavy atom. The van der Waals surface area contributed by atoms with E-state index in [2.05, 4.69) is 10.3 Å². The van der Waals surface area contributed by atoms with Gasteiger partial charge in [-0.1, -0.05) is 0 Å². The van der Waals surface area contributed by atoms with Gasteiger partial charge in [0.25, 0.3) is 0 Å². The molecule has 1 aliphatic carbocycles. The first-order chi connectivity index (χ1) is 9.11. The number of hydrogen-bond donors (Lipinski definition) is 3. The van der Waals surface area contributed by atoms with E-state index in [0.717, 1.165) is 36.9 Å². The number of anilines is 1. The molecule has 0 saturated carbocycles. The first kappa shape index (κ1) is 13.8. The molecule has 0 radical (unpaired) electrons. The van der Waals surface area contributed by atoms with Crippen LogP contribution in [0.3, 0.4) is 0 Å². The number of aliphatic hydroxyl groups excluding tert-OH is 1. The standard InChI is InChI=1S/C14H20N2O3/c1-9(6-7-17)15-13-11(14(18)19)8-10-4-2-3-5-12(10)16-13/h8-9,17H,2-7H2,1H3,(H,15,16)(H,18,19). The van der Waals surface area contributed by atoms with Gasteiger partial charge in [0.15, 0.2) is 0 Å². The van der Waals surface area contributed by atoms with Crippen molar-refractivity contribution in [1.82, 2.24) is 4.98 Å². The zero-order valence-corrected chi connectivity index (χ0v) is 11.1. The Kier molecular flexibility index (Phi) is 4.37. The Morgan fingerprint density at radius 3 is 2.89 bits per heavy atom. The van der Waals surface area contributed by atoms with Gasteiger partial charge in [0.1, 0.15) is 11.4 Å². The lowest BCUT2D eigenvalue weighted by molar-refractivity contribution is 0.0697. The highest BCUT2D eigenvalue weighted by atomic mass is 16.4. The molecule has 3 N–H and O–H groups in total. The first-order valence-corrected chi connectivity index (χ1v) is 6.75. The van der Waals surface area contributed by atoms with Crippen molar-refractivity contribution in [2.45, 2.75) is 45.1 Å². The molecule has 1 aromatic heterocycles. The molecule has 2 rings (SSSR count). The normalized spacial score (nSPS) is 15.7. The Balaban J connectivity index is 2.31. The molecule has 1 unspecified atom stereocenters. The maximum atomic E-state index is 11.3. The van der Waals surface area contributed by atoms with E-state index in [4.69, 9.17) is 5.11 Å². The van der Waals surface area contributed by atoms with Crippen LogP contribution in [0.25, 0.3) is 0 Å². The van der Waals surface area contributed by atoms with Crippen molar-refractivity contribution >= 4 is 11.8 Å². The number of fused-ring (bicyclic) bond motifs is 1. The number of aromatic carboxylic acids is 1. The van der Waals surface area contributed by atoms with Crippen molar-refractivity contribution in [2.75, 3.05) is 11.9 Å². The maximum Gasteiger partial charge on any atom is 0.339 e. The lowest BCUT2D eigenvalue weighted by Crippen LogP contribution is -2.21. The molecule has 0 amide bonds. The molecule has 0 bridgehead atoms. The van der Waals surface area contributed by atoms with Crippen LogP contribution in [-0.2, 0) is 12.8 Å². The van der Waals surface area contributed by atoms with Gasteiger partial charge in [0.05, 0.1) is 0 Å². The summed E-state index contributed by atoms with van der Waals surface area (Å²) >= 11 is 0. The molecular formula is C14H20N2O3. The van der Waals surface area contributed by atoms with Crippen LogP contribution in [0.5, 0.6) is 0 Å². The SMILES string of the molecule is CC(CCO)Nc1nc2c(cc1C(=O)O)CCCC2. The molecule has 1 aromatic rings. The van der Waals surface area contributed by atoms with Crippen molar-refractivity contribution in [3.8, 4) is 0 Å². The minimum atomic E-state index is -0.959. The number of nitrogens with one attached hydrogen (secondary N) is 1. The Bertz CT molecular complexity index is 474. The van der Waals surface area contributed by atoms with Gasteiger partial charge in [-0.3, -0.25) is 0 Å². The summed E-state index contributed by atoms with van der Waals surface area (Å²) in [6.07, 6.45) is 4.60. The fourth-order valence-electron chi connectivity index (χ4n) is 2.41. The molecule has 5 nitrogen and oxygen atoms in total. The van der Waals surface area contributed by atoms with Crippen LogP contribution in [0.1, 0.15) is 47.8 Å². The highest BCUT2D eigenvalue weighted by Gasteiger charge is 2.19. The fourth-order valence-corrected chi connectivity index (χ4v) is 2.41.